The van der Waals surface area contributed by atoms with Gasteiger partial charge in [0.1, 0.15) is 0 Å². The summed E-state index contributed by atoms with van der Waals surface area (Å²) in [5.41, 5.74) is 10.3. The molecule has 0 N–H and O–H groups in total. The van der Waals surface area contributed by atoms with E-state index >= 15 is 0 Å². The molecule has 0 amide bonds. The summed E-state index contributed by atoms with van der Waals surface area (Å²) in [7, 11) is 0. The molecule has 0 aliphatic heterocycles. The van der Waals surface area contributed by atoms with E-state index in [1.54, 1.807) is 0 Å². The fourth-order valence-electron chi connectivity index (χ4n) is 3.40. The van der Waals surface area contributed by atoms with Crippen LogP contribution in [0.25, 0.3) is 22.3 Å². The maximum absolute atomic E-state index is 4.82. The predicted octanol–water partition coefficient (Wildman–Crippen LogP) is 6.55. The molecule has 0 fully saturated rings. The lowest BCUT2D eigenvalue weighted by molar-refractivity contribution is 0.907. The Morgan fingerprint density at radius 2 is 1.24 bits per heavy atom. The molecule has 3 rings (SSSR count). The molecule has 1 aromatic heterocycles. The largest absolute Gasteiger partial charge is 0.260 e. The number of aromatic nitrogens is 1. The fraction of sp³-hybridized carbons (Fsp3) is 0.292. The van der Waals surface area contributed by atoms with Gasteiger partial charge in [0.15, 0.2) is 0 Å². The quantitative estimate of drug-likeness (QED) is 0.517. The molecule has 0 unspecified atom stereocenters. The summed E-state index contributed by atoms with van der Waals surface area (Å²) in [4.78, 5) is 4.82. The first-order chi connectivity index (χ1) is 12.1. The van der Waals surface area contributed by atoms with Crippen LogP contribution in [0.1, 0.15) is 42.7 Å². The van der Waals surface area contributed by atoms with Crippen LogP contribution in [0.4, 0.5) is 0 Å². The second kappa shape index (κ2) is 7.65. The third-order valence-corrected chi connectivity index (χ3v) is 4.77. The van der Waals surface area contributed by atoms with Crippen LogP contribution in [0.5, 0.6) is 0 Å². The molecule has 1 heterocycles. The van der Waals surface area contributed by atoms with Crippen LogP contribution in [-0.2, 0) is 12.8 Å². The molecule has 0 aliphatic rings. The SMILES string of the molecule is CCCc1cnc(CC)c(-c2ccc(C)cc2)c1-c1ccc(C)cc1. The predicted molar refractivity (Wildman–Crippen MR) is 108 cm³/mol. The summed E-state index contributed by atoms with van der Waals surface area (Å²) in [6.45, 7) is 8.70. The van der Waals surface area contributed by atoms with E-state index in [0.717, 1.165) is 19.3 Å². The van der Waals surface area contributed by atoms with Gasteiger partial charge in [-0.2, -0.15) is 0 Å². The van der Waals surface area contributed by atoms with Crippen LogP contribution in [0.15, 0.2) is 54.7 Å². The van der Waals surface area contributed by atoms with Crippen molar-refractivity contribution in [3.05, 3.63) is 77.1 Å². The molecule has 1 heteroatoms. The summed E-state index contributed by atoms with van der Waals surface area (Å²) < 4.78 is 0. The van der Waals surface area contributed by atoms with Crippen molar-refractivity contribution in [2.24, 2.45) is 0 Å². The van der Waals surface area contributed by atoms with Crippen LogP contribution in [-0.4, -0.2) is 4.98 Å². The first kappa shape index (κ1) is 17.4. The van der Waals surface area contributed by atoms with E-state index in [1.165, 1.54) is 44.6 Å². The van der Waals surface area contributed by atoms with Gasteiger partial charge in [0.25, 0.3) is 0 Å². The van der Waals surface area contributed by atoms with Gasteiger partial charge in [0.05, 0.1) is 0 Å². The zero-order valence-electron chi connectivity index (χ0n) is 15.8. The molecule has 1 nitrogen and oxygen atoms in total. The molecule has 2 aromatic carbocycles. The Balaban J connectivity index is 2.31. The van der Waals surface area contributed by atoms with Crippen molar-refractivity contribution < 1.29 is 0 Å². The van der Waals surface area contributed by atoms with Gasteiger partial charge < -0.3 is 0 Å². The maximum atomic E-state index is 4.82. The molecular formula is C24H27N. The van der Waals surface area contributed by atoms with Crippen LogP contribution in [0.3, 0.4) is 0 Å². The Morgan fingerprint density at radius 1 is 0.720 bits per heavy atom. The molecule has 0 saturated heterocycles. The van der Waals surface area contributed by atoms with E-state index < -0.39 is 0 Å². The van der Waals surface area contributed by atoms with Crippen molar-refractivity contribution in [1.29, 1.82) is 0 Å². The standard InChI is InChI=1S/C24H27N/c1-5-7-21-16-25-22(6-2)24(20-14-10-18(4)11-15-20)23(21)19-12-8-17(3)9-13-19/h8-16H,5-7H2,1-4H3. The van der Waals surface area contributed by atoms with Crippen LogP contribution < -0.4 is 0 Å². The Labute approximate surface area is 151 Å². The summed E-state index contributed by atoms with van der Waals surface area (Å²) in [5, 5.41) is 0. The maximum Gasteiger partial charge on any atom is 0.0485 e. The summed E-state index contributed by atoms with van der Waals surface area (Å²) in [6, 6.07) is 17.8. The Hall–Kier alpha value is -2.41. The summed E-state index contributed by atoms with van der Waals surface area (Å²) >= 11 is 0. The normalized spacial score (nSPS) is 10.9. The number of aryl methyl sites for hydroxylation is 4. The van der Waals surface area contributed by atoms with Gasteiger partial charge in [-0.25, -0.2) is 0 Å². The molecule has 0 atom stereocenters. The van der Waals surface area contributed by atoms with E-state index in [-0.39, 0.29) is 0 Å². The molecule has 0 saturated carbocycles. The van der Waals surface area contributed by atoms with E-state index in [1.807, 2.05) is 0 Å². The van der Waals surface area contributed by atoms with Crippen molar-refractivity contribution in [1.82, 2.24) is 4.98 Å². The van der Waals surface area contributed by atoms with E-state index in [0.29, 0.717) is 0 Å². The second-order valence-electron chi connectivity index (χ2n) is 6.82. The lowest BCUT2D eigenvalue weighted by Gasteiger charge is -2.19. The van der Waals surface area contributed by atoms with Crippen molar-refractivity contribution >= 4 is 0 Å². The lowest BCUT2D eigenvalue weighted by Crippen LogP contribution is -2.01. The van der Waals surface area contributed by atoms with Gasteiger partial charge in [-0.15, -0.1) is 0 Å². The minimum atomic E-state index is 0.939. The number of rotatable bonds is 5. The molecular weight excluding hydrogens is 302 g/mol. The van der Waals surface area contributed by atoms with Crippen molar-refractivity contribution in [3.8, 4) is 22.3 Å². The van der Waals surface area contributed by atoms with Crippen LogP contribution in [0, 0.1) is 13.8 Å². The van der Waals surface area contributed by atoms with E-state index in [2.05, 4.69) is 82.4 Å². The molecule has 3 aromatic rings. The van der Waals surface area contributed by atoms with Crippen LogP contribution >= 0.6 is 0 Å². The number of hydrogen-bond donors (Lipinski definition) is 0. The van der Waals surface area contributed by atoms with E-state index in [9.17, 15) is 0 Å². The zero-order chi connectivity index (χ0) is 17.8. The lowest BCUT2D eigenvalue weighted by atomic mass is 9.88. The van der Waals surface area contributed by atoms with Crippen molar-refractivity contribution in [2.45, 2.75) is 47.0 Å². The highest BCUT2D eigenvalue weighted by Crippen LogP contribution is 2.37. The summed E-state index contributed by atoms with van der Waals surface area (Å²) in [5.74, 6) is 0. The Kier molecular flexibility index (Phi) is 5.33. The third-order valence-electron chi connectivity index (χ3n) is 4.77. The highest BCUT2D eigenvalue weighted by molar-refractivity contribution is 5.87. The second-order valence-corrected chi connectivity index (χ2v) is 6.82. The highest BCUT2D eigenvalue weighted by Gasteiger charge is 2.17. The average Bonchev–Trinajstić information content (AvgIpc) is 2.63. The van der Waals surface area contributed by atoms with Gasteiger partial charge in [-0.1, -0.05) is 79.9 Å². The molecule has 0 bridgehead atoms. The van der Waals surface area contributed by atoms with Gasteiger partial charge in [-0.05, 0) is 48.9 Å². The molecule has 25 heavy (non-hydrogen) atoms. The highest BCUT2D eigenvalue weighted by atomic mass is 14.7. The number of hydrogen-bond acceptors (Lipinski definition) is 1. The van der Waals surface area contributed by atoms with Crippen molar-refractivity contribution in [2.75, 3.05) is 0 Å². The van der Waals surface area contributed by atoms with Crippen LogP contribution in [0.2, 0.25) is 0 Å². The van der Waals surface area contributed by atoms with Gasteiger partial charge in [-0.3, -0.25) is 4.98 Å². The third kappa shape index (κ3) is 3.66. The zero-order valence-corrected chi connectivity index (χ0v) is 15.8. The number of benzene rings is 2. The topological polar surface area (TPSA) is 12.9 Å². The minimum Gasteiger partial charge on any atom is -0.260 e. The number of nitrogens with zero attached hydrogens (tertiary/aromatic N) is 1. The van der Waals surface area contributed by atoms with Gasteiger partial charge in [0.2, 0.25) is 0 Å². The molecule has 128 valence electrons. The summed E-state index contributed by atoms with van der Waals surface area (Å²) in [6.07, 6.45) is 5.21. The Bertz CT molecular complexity index is 843. The monoisotopic (exact) mass is 329 g/mol. The fourth-order valence-corrected chi connectivity index (χ4v) is 3.40. The molecule has 0 spiro atoms. The van der Waals surface area contributed by atoms with Gasteiger partial charge in [0, 0.05) is 17.5 Å². The molecule has 0 aliphatic carbocycles. The van der Waals surface area contributed by atoms with Gasteiger partial charge >= 0.3 is 0 Å². The minimum absolute atomic E-state index is 0.939. The Morgan fingerprint density at radius 3 is 1.72 bits per heavy atom. The smallest absolute Gasteiger partial charge is 0.0485 e. The number of pyridine rings is 1. The first-order valence-corrected chi connectivity index (χ1v) is 9.28. The molecule has 0 radical (unpaired) electrons. The van der Waals surface area contributed by atoms with Crippen molar-refractivity contribution in [3.63, 3.8) is 0 Å². The first-order valence-electron chi connectivity index (χ1n) is 9.28. The average molecular weight is 329 g/mol. The van der Waals surface area contributed by atoms with E-state index in [4.69, 9.17) is 4.98 Å².